The Kier molecular flexibility index (Phi) is 10.3. The molecule has 2 N–H and O–H groups in total. The highest BCUT2D eigenvalue weighted by Gasteiger charge is 2.42. The number of likely N-dealkylation sites (tertiary alicyclic amines) is 2. The molecule has 3 atom stereocenters. The summed E-state index contributed by atoms with van der Waals surface area (Å²) in [4.78, 5) is 60.4. The van der Waals surface area contributed by atoms with Gasteiger partial charge in [0.05, 0.1) is 23.4 Å². The van der Waals surface area contributed by atoms with E-state index in [1.54, 1.807) is 13.2 Å². The highest BCUT2D eigenvalue weighted by molar-refractivity contribution is 6.01. The Balaban J connectivity index is 0.935. The number of nitrogens with zero attached hydrogens (tertiary/aromatic N) is 6. The molecule has 0 bridgehead atoms. The van der Waals surface area contributed by atoms with Gasteiger partial charge in [-0.25, -0.2) is 9.67 Å². The molecule has 3 unspecified atom stereocenters. The number of carbonyl (C=O) groups excluding carboxylic acids is 3. The number of aryl methyl sites for hydroxylation is 1. The third-order valence-electron chi connectivity index (χ3n) is 12.1. The minimum atomic E-state index is -4.68. The van der Waals surface area contributed by atoms with Crippen molar-refractivity contribution in [2.24, 2.45) is 12.5 Å². The molecule has 4 saturated heterocycles. The average molecular weight is 749 g/mol. The van der Waals surface area contributed by atoms with Gasteiger partial charge in [-0.15, -0.1) is 0 Å². The Morgan fingerprint density at radius 2 is 1.65 bits per heavy atom. The predicted octanol–water partition coefficient (Wildman–Crippen LogP) is 4.45. The van der Waals surface area contributed by atoms with E-state index in [9.17, 15) is 32.3 Å². The summed E-state index contributed by atoms with van der Waals surface area (Å²) in [7, 11) is 3.73. The van der Waals surface area contributed by atoms with Gasteiger partial charge in [-0.3, -0.25) is 24.5 Å². The first-order chi connectivity index (χ1) is 25.7. The monoisotopic (exact) mass is 748 g/mol. The smallest absolute Gasteiger partial charge is 0.379 e. The van der Waals surface area contributed by atoms with E-state index in [1.807, 2.05) is 28.9 Å². The van der Waals surface area contributed by atoms with E-state index in [1.165, 1.54) is 4.68 Å². The molecule has 0 radical (unpaired) electrons. The van der Waals surface area contributed by atoms with Crippen LogP contribution in [-0.2, 0) is 22.8 Å². The Morgan fingerprint density at radius 3 is 2.31 bits per heavy atom. The SMILES string of the molecule is Cc1c(NC2CC(c3ccc(C(=O)N4CCC5(CC4)CCN(c4cc(C(F)(F)F)c(C6CCC(=O)NC6=O)cn4)CC5)cc3)CN(C)C2)cnn(C)c1=O. The fourth-order valence-corrected chi connectivity index (χ4v) is 8.80. The second-order valence-corrected chi connectivity index (χ2v) is 15.6. The summed E-state index contributed by atoms with van der Waals surface area (Å²) >= 11 is 0. The molecular weight excluding hydrogens is 701 g/mol. The Labute approximate surface area is 312 Å². The number of pyridine rings is 1. The van der Waals surface area contributed by atoms with E-state index in [4.69, 9.17) is 0 Å². The van der Waals surface area contributed by atoms with E-state index in [0.29, 0.717) is 37.3 Å². The van der Waals surface area contributed by atoms with Gasteiger partial charge in [0, 0.05) is 76.1 Å². The third kappa shape index (κ3) is 7.73. The van der Waals surface area contributed by atoms with Crippen LogP contribution in [0.1, 0.15) is 89.4 Å². The van der Waals surface area contributed by atoms with Gasteiger partial charge in [-0.05, 0) is 93.2 Å². The lowest BCUT2D eigenvalue weighted by molar-refractivity contribution is -0.139. The van der Waals surface area contributed by atoms with Crippen LogP contribution in [0.4, 0.5) is 24.7 Å². The van der Waals surface area contributed by atoms with Crippen LogP contribution in [0.15, 0.2) is 47.5 Å². The summed E-state index contributed by atoms with van der Waals surface area (Å²) in [6.45, 7) is 5.87. The van der Waals surface area contributed by atoms with Gasteiger partial charge < -0.3 is 20.0 Å². The molecular formula is C39H47F3N8O4. The molecule has 3 aromatic rings. The Hall–Kier alpha value is -4.79. The van der Waals surface area contributed by atoms with Crippen molar-refractivity contribution in [1.82, 2.24) is 29.9 Å². The van der Waals surface area contributed by atoms with Crippen LogP contribution in [0.25, 0.3) is 0 Å². The molecule has 15 heteroatoms. The highest BCUT2D eigenvalue weighted by atomic mass is 19.4. The number of aromatic nitrogens is 3. The lowest BCUT2D eigenvalue weighted by Crippen LogP contribution is -2.48. The van der Waals surface area contributed by atoms with E-state index < -0.39 is 29.5 Å². The number of benzene rings is 1. The molecule has 4 fully saturated rings. The number of imide groups is 1. The first kappa shape index (κ1) is 37.5. The summed E-state index contributed by atoms with van der Waals surface area (Å²) < 4.78 is 43.9. The van der Waals surface area contributed by atoms with Crippen LogP contribution in [0.3, 0.4) is 0 Å². The van der Waals surface area contributed by atoms with Gasteiger partial charge in [-0.2, -0.15) is 18.3 Å². The number of rotatable bonds is 6. The zero-order chi connectivity index (χ0) is 38.4. The van der Waals surface area contributed by atoms with Crippen LogP contribution in [0.2, 0.25) is 0 Å². The maximum atomic E-state index is 14.2. The van der Waals surface area contributed by atoms with Crippen molar-refractivity contribution in [1.29, 1.82) is 0 Å². The van der Waals surface area contributed by atoms with Crippen LogP contribution in [0, 0.1) is 12.3 Å². The van der Waals surface area contributed by atoms with E-state index in [-0.39, 0.29) is 53.1 Å². The molecule has 4 aliphatic rings. The van der Waals surface area contributed by atoms with Gasteiger partial charge in [0.25, 0.3) is 11.5 Å². The first-order valence-electron chi connectivity index (χ1n) is 18.7. The summed E-state index contributed by atoms with van der Waals surface area (Å²) in [5, 5.41) is 9.85. The first-order valence-corrected chi connectivity index (χ1v) is 18.7. The number of alkyl halides is 3. The molecule has 0 saturated carbocycles. The summed E-state index contributed by atoms with van der Waals surface area (Å²) in [6.07, 6.45) is 2.26. The van der Waals surface area contributed by atoms with Crippen molar-refractivity contribution >= 4 is 29.2 Å². The van der Waals surface area contributed by atoms with Crippen molar-refractivity contribution in [2.45, 2.75) is 75.9 Å². The van der Waals surface area contributed by atoms with Crippen molar-refractivity contribution in [3.8, 4) is 0 Å². The fourth-order valence-electron chi connectivity index (χ4n) is 8.80. The molecule has 4 aliphatic heterocycles. The number of nitrogens with one attached hydrogen (secondary N) is 2. The van der Waals surface area contributed by atoms with Gasteiger partial charge in [-0.1, -0.05) is 12.1 Å². The molecule has 12 nitrogen and oxygen atoms in total. The fraction of sp³-hybridized carbons (Fsp3) is 0.538. The van der Waals surface area contributed by atoms with Crippen LogP contribution in [0.5, 0.6) is 0 Å². The second kappa shape index (κ2) is 14.8. The predicted molar refractivity (Wildman–Crippen MR) is 196 cm³/mol. The molecule has 288 valence electrons. The number of carbonyl (C=O) groups is 3. The minimum Gasteiger partial charge on any atom is -0.379 e. The van der Waals surface area contributed by atoms with Gasteiger partial charge in [0.2, 0.25) is 11.8 Å². The highest BCUT2D eigenvalue weighted by Crippen LogP contribution is 2.44. The maximum absolute atomic E-state index is 14.2. The van der Waals surface area contributed by atoms with Crippen molar-refractivity contribution in [2.75, 3.05) is 56.5 Å². The molecule has 7 rings (SSSR count). The number of hydrogen-bond acceptors (Lipinski definition) is 9. The lowest BCUT2D eigenvalue weighted by atomic mass is 9.71. The lowest BCUT2D eigenvalue weighted by Gasteiger charge is -2.47. The molecule has 54 heavy (non-hydrogen) atoms. The van der Waals surface area contributed by atoms with Gasteiger partial charge in [0.15, 0.2) is 0 Å². The standard InChI is InChI=1S/C39H47F3N8O4/c1-24-32(21-44-48(3)36(24)53)45-28-18-27(22-47(2)23-28)25-4-6-26(7-5-25)37(54)50-16-12-38(13-17-50)10-14-49(15-11-38)33-19-31(39(40,41)42)30(20-43-33)29-8-9-34(51)46-35(29)52/h4-7,19-21,27-29,45H,8-18,22-23H2,1-3H3,(H,46,51,52). The van der Waals surface area contributed by atoms with Crippen LogP contribution < -0.4 is 21.1 Å². The zero-order valence-corrected chi connectivity index (χ0v) is 30.9. The van der Waals surface area contributed by atoms with E-state index in [2.05, 4.69) is 44.8 Å². The minimum absolute atomic E-state index is 0.00255. The molecule has 2 aromatic heterocycles. The Bertz CT molecular complexity index is 1970. The summed E-state index contributed by atoms with van der Waals surface area (Å²) in [6, 6.07) is 9.11. The molecule has 3 amide bonds. The Morgan fingerprint density at radius 1 is 0.963 bits per heavy atom. The largest absolute Gasteiger partial charge is 0.416 e. The molecule has 1 aromatic carbocycles. The molecule has 1 spiro atoms. The van der Waals surface area contributed by atoms with Crippen LogP contribution >= 0.6 is 0 Å². The van der Waals surface area contributed by atoms with Crippen LogP contribution in [-0.4, -0.2) is 94.6 Å². The second-order valence-electron chi connectivity index (χ2n) is 15.6. The maximum Gasteiger partial charge on any atom is 0.416 e. The zero-order valence-electron chi connectivity index (χ0n) is 30.9. The number of hydrogen-bond donors (Lipinski definition) is 2. The van der Waals surface area contributed by atoms with Gasteiger partial charge in [0.1, 0.15) is 5.82 Å². The molecule has 0 aliphatic carbocycles. The quantitative estimate of drug-likeness (QED) is 0.351. The van der Waals surface area contributed by atoms with E-state index in [0.717, 1.165) is 68.7 Å². The number of likely N-dealkylation sites (N-methyl/N-ethyl adjacent to an activating group) is 1. The summed E-state index contributed by atoms with van der Waals surface area (Å²) in [5.74, 6) is -1.80. The topological polar surface area (TPSA) is 133 Å². The normalized spacial score (nSPS) is 23.7. The average Bonchev–Trinajstić information content (AvgIpc) is 3.15. The molecule has 6 heterocycles. The number of halogens is 3. The van der Waals surface area contributed by atoms with Crippen molar-refractivity contribution in [3.05, 3.63) is 80.9 Å². The summed E-state index contributed by atoms with van der Waals surface area (Å²) in [5.41, 5.74) is 2.01. The number of piperidine rings is 4. The number of amides is 3. The third-order valence-corrected chi connectivity index (χ3v) is 12.1. The number of anilines is 2. The van der Waals surface area contributed by atoms with Crippen molar-refractivity contribution < 1.29 is 27.6 Å². The van der Waals surface area contributed by atoms with E-state index >= 15 is 0 Å². The van der Waals surface area contributed by atoms with Gasteiger partial charge >= 0.3 is 6.18 Å². The van der Waals surface area contributed by atoms with Crippen molar-refractivity contribution in [3.63, 3.8) is 0 Å².